The fraction of sp³-hybridized carbons (Fsp3) is 0.0800. The standard InChI is InChI=1S/C25H18Cl2N2O5S/c1-32-21-8-7-13(16-9-14-5-3-4-6-20(14)34-24(16)31)10-19(21)28-25(35)29-23(30)17-11-15(26)12-18(27)22(17)33-2/h3-12H,1-2H3,(H2,28,29,30,35). The number of benzene rings is 3. The number of halogens is 2. The molecule has 0 aliphatic rings. The summed E-state index contributed by atoms with van der Waals surface area (Å²) in [6.07, 6.45) is 0. The summed E-state index contributed by atoms with van der Waals surface area (Å²) in [5, 5.41) is 6.72. The Hall–Kier alpha value is -3.59. The molecule has 0 spiro atoms. The summed E-state index contributed by atoms with van der Waals surface area (Å²) in [7, 11) is 2.88. The Kier molecular flexibility index (Phi) is 7.25. The van der Waals surface area contributed by atoms with E-state index in [0.717, 1.165) is 5.39 Å². The normalized spacial score (nSPS) is 10.6. The van der Waals surface area contributed by atoms with E-state index in [2.05, 4.69) is 10.6 Å². The van der Waals surface area contributed by atoms with Crippen LogP contribution in [0.15, 0.2) is 69.9 Å². The molecule has 0 bridgehead atoms. The third-order valence-electron chi connectivity index (χ3n) is 5.08. The minimum absolute atomic E-state index is 0.0193. The van der Waals surface area contributed by atoms with Gasteiger partial charge in [-0.2, -0.15) is 0 Å². The molecule has 0 saturated heterocycles. The van der Waals surface area contributed by atoms with Gasteiger partial charge < -0.3 is 19.2 Å². The van der Waals surface area contributed by atoms with Crippen molar-refractivity contribution in [1.29, 1.82) is 0 Å². The van der Waals surface area contributed by atoms with Gasteiger partial charge in [0.1, 0.15) is 17.1 Å². The largest absolute Gasteiger partial charge is 0.495 e. The van der Waals surface area contributed by atoms with Gasteiger partial charge in [0.2, 0.25) is 0 Å². The minimum atomic E-state index is -0.575. The van der Waals surface area contributed by atoms with Gasteiger partial charge in [-0.25, -0.2) is 4.79 Å². The molecule has 4 aromatic rings. The molecule has 0 saturated carbocycles. The Bertz CT molecular complexity index is 1520. The average Bonchev–Trinajstić information content (AvgIpc) is 2.83. The molecule has 0 fully saturated rings. The molecule has 4 rings (SSSR count). The highest BCUT2D eigenvalue weighted by Gasteiger charge is 2.19. The number of hydrogen-bond acceptors (Lipinski definition) is 6. The van der Waals surface area contributed by atoms with E-state index < -0.39 is 11.5 Å². The first-order valence-corrected chi connectivity index (χ1v) is 11.3. The van der Waals surface area contributed by atoms with Crippen LogP contribution in [0.2, 0.25) is 10.0 Å². The van der Waals surface area contributed by atoms with Crippen LogP contribution in [-0.4, -0.2) is 25.2 Å². The Balaban J connectivity index is 1.62. The maximum atomic E-state index is 12.8. The summed E-state index contributed by atoms with van der Waals surface area (Å²) in [6, 6.07) is 17.0. The number of fused-ring (bicyclic) bond motifs is 1. The first kappa shape index (κ1) is 24.5. The van der Waals surface area contributed by atoms with Crippen molar-refractivity contribution in [2.45, 2.75) is 0 Å². The minimum Gasteiger partial charge on any atom is -0.495 e. The summed E-state index contributed by atoms with van der Waals surface area (Å²) in [5.41, 5.74) is 1.49. The molecule has 1 amide bonds. The van der Waals surface area contributed by atoms with Gasteiger partial charge >= 0.3 is 5.63 Å². The van der Waals surface area contributed by atoms with Crippen molar-refractivity contribution in [3.63, 3.8) is 0 Å². The molecule has 3 aromatic carbocycles. The van der Waals surface area contributed by atoms with Crippen molar-refractivity contribution in [1.82, 2.24) is 5.32 Å². The van der Waals surface area contributed by atoms with Gasteiger partial charge in [0.15, 0.2) is 5.11 Å². The zero-order valence-electron chi connectivity index (χ0n) is 18.5. The van der Waals surface area contributed by atoms with Crippen LogP contribution in [0, 0.1) is 0 Å². The summed E-state index contributed by atoms with van der Waals surface area (Å²) < 4.78 is 16.1. The smallest absolute Gasteiger partial charge is 0.344 e. The Morgan fingerprint density at radius 2 is 1.77 bits per heavy atom. The molecule has 7 nitrogen and oxygen atoms in total. The van der Waals surface area contributed by atoms with E-state index in [4.69, 9.17) is 49.3 Å². The number of nitrogens with one attached hydrogen (secondary N) is 2. The first-order chi connectivity index (χ1) is 16.8. The van der Waals surface area contributed by atoms with Crippen LogP contribution < -0.4 is 25.7 Å². The second-order valence-electron chi connectivity index (χ2n) is 7.28. The van der Waals surface area contributed by atoms with Crippen LogP contribution in [0.25, 0.3) is 22.1 Å². The lowest BCUT2D eigenvalue weighted by Gasteiger charge is -2.15. The van der Waals surface area contributed by atoms with Gasteiger partial charge in [-0.05, 0) is 54.2 Å². The van der Waals surface area contributed by atoms with Gasteiger partial charge in [0.05, 0.1) is 36.1 Å². The number of hydrogen-bond donors (Lipinski definition) is 2. The number of anilines is 1. The number of carbonyl (C=O) groups is 1. The van der Waals surface area contributed by atoms with Crippen LogP contribution >= 0.6 is 35.4 Å². The number of ether oxygens (including phenoxy) is 2. The van der Waals surface area contributed by atoms with E-state index in [1.807, 2.05) is 12.1 Å². The molecule has 1 heterocycles. The second-order valence-corrected chi connectivity index (χ2v) is 8.53. The molecular weight excluding hydrogens is 511 g/mol. The Morgan fingerprint density at radius 3 is 2.51 bits per heavy atom. The fourth-order valence-corrected chi connectivity index (χ4v) is 4.27. The van der Waals surface area contributed by atoms with Gasteiger partial charge in [0, 0.05) is 10.4 Å². The molecule has 0 radical (unpaired) electrons. The Labute approximate surface area is 215 Å². The quantitative estimate of drug-likeness (QED) is 0.245. The van der Waals surface area contributed by atoms with Gasteiger partial charge in [-0.15, -0.1) is 0 Å². The predicted molar refractivity (Wildman–Crippen MR) is 141 cm³/mol. The topological polar surface area (TPSA) is 89.8 Å². The number of methoxy groups -OCH3 is 2. The highest BCUT2D eigenvalue weighted by atomic mass is 35.5. The lowest BCUT2D eigenvalue weighted by molar-refractivity contribution is 0.0974. The first-order valence-electron chi connectivity index (χ1n) is 10.2. The second kappa shape index (κ2) is 10.4. The van der Waals surface area contributed by atoms with Crippen LogP contribution in [0.3, 0.4) is 0 Å². The monoisotopic (exact) mass is 528 g/mol. The van der Waals surface area contributed by atoms with Crippen molar-refractivity contribution in [3.8, 4) is 22.6 Å². The molecule has 35 heavy (non-hydrogen) atoms. The van der Waals surface area contributed by atoms with E-state index in [9.17, 15) is 9.59 Å². The SMILES string of the molecule is COc1ccc(-c2cc3ccccc3oc2=O)cc1NC(=S)NC(=O)c1cc(Cl)cc(Cl)c1OC. The fourth-order valence-electron chi connectivity index (χ4n) is 3.50. The molecule has 0 unspecified atom stereocenters. The van der Waals surface area contributed by atoms with E-state index in [-0.39, 0.29) is 26.5 Å². The van der Waals surface area contributed by atoms with Crippen molar-refractivity contribution in [3.05, 3.63) is 86.7 Å². The zero-order chi connectivity index (χ0) is 25.1. The zero-order valence-corrected chi connectivity index (χ0v) is 20.8. The van der Waals surface area contributed by atoms with Crippen LogP contribution in [0.4, 0.5) is 5.69 Å². The molecule has 0 aliphatic heterocycles. The third kappa shape index (κ3) is 5.24. The maximum Gasteiger partial charge on any atom is 0.344 e. The lowest BCUT2D eigenvalue weighted by atomic mass is 10.0. The number of rotatable bonds is 5. The van der Waals surface area contributed by atoms with Crippen molar-refractivity contribution in [2.24, 2.45) is 0 Å². The molecule has 0 atom stereocenters. The molecule has 2 N–H and O–H groups in total. The van der Waals surface area contributed by atoms with Gasteiger partial charge in [-0.3, -0.25) is 10.1 Å². The maximum absolute atomic E-state index is 12.8. The lowest BCUT2D eigenvalue weighted by Crippen LogP contribution is -2.34. The van der Waals surface area contributed by atoms with Gasteiger partial charge in [-0.1, -0.05) is 47.5 Å². The molecule has 0 aliphatic carbocycles. The summed E-state index contributed by atoms with van der Waals surface area (Å²) in [6.45, 7) is 0. The van der Waals surface area contributed by atoms with E-state index >= 15 is 0 Å². The van der Waals surface area contributed by atoms with Crippen LogP contribution in [0.1, 0.15) is 10.4 Å². The van der Waals surface area contributed by atoms with Crippen LogP contribution in [-0.2, 0) is 0 Å². The average molecular weight is 529 g/mol. The van der Waals surface area contributed by atoms with E-state index in [1.54, 1.807) is 36.4 Å². The van der Waals surface area contributed by atoms with E-state index in [1.165, 1.54) is 26.4 Å². The molecule has 178 valence electrons. The number of carbonyl (C=O) groups excluding carboxylic acids is 1. The summed E-state index contributed by atoms with van der Waals surface area (Å²) >= 11 is 17.5. The van der Waals surface area contributed by atoms with Gasteiger partial charge in [0.25, 0.3) is 5.91 Å². The summed E-state index contributed by atoms with van der Waals surface area (Å²) in [4.78, 5) is 25.4. The molecular formula is C25H18Cl2N2O5S. The number of thiocarbonyl (C=S) groups is 1. The number of amides is 1. The molecule has 10 heteroatoms. The van der Waals surface area contributed by atoms with Crippen molar-refractivity contribution >= 4 is 63.1 Å². The van der Waals surface area contributed by atoms with Crippen molar-refractivity contribution < 1.29 is 18.7 Å². The van der Waals surface area contributed by atoms with Crippen molar-refractivity contribution in [2.75, 3.05) is 19.5 Å². The summed E-state index contributed by atoms with van der Waals surface area (Å²) in [5.74, 6) is 0.0342. The van der Waals surface area contributed by atoms with Crippen LogP contribution in [0.5, 0.6) is 11.5 Å². The highest BCUT2D eigenvalue weighted by Crippen LogP contribution is 2.33. The predicted octanol–water partition coefficient (Wildman–Crippen LogP) is 5.91. The third-order valence-corrected chi connectivity index (χ3v) is 5.79. The molecule has 1 aromatic heterocycles. The Morgan fingerprint density at radius 1 is 1.00 bits per heavy atom. The van der Waals surface area contributed by atoms with E-state index in [0.29, 0.717) is 28.1 Å². The number of para-hydroxylation sites is 1. The highest BCUT2D eigenvalue weighted by molar-refractivity contribution is 7.80.